The number of rotatable bonds is 7. The van der Waals surface area contributed by atoms with Crippen LogP contribution in [0.15, 0.2) is 5.16 Å². The van der Waals surface area contributed by atoms with E-state index in [4.69, 9.17) is 10.9 Å². The maximum absolute atomic E-state index is 8.48. The van der Waals surface area contributed by atoms with Crippen LogP contribution in [-0.2, 0) is 0 Å². The van der Waals surface area contributed by atoms with Gasteiger partial charge in [0.2, 0.25) is 0 Å². The van der Waals surface area contributed by atoms with Crippen molar-refractivity contribution in [2.45, 2.75) is 33.6 Å². The molecule has 0 saturated heterocycles. The molecule has 0 aromatic carbocycles. The van der Waals surface area contributed by atoms with Gasteiger partial charge < -0.3 is 10.9 Å². The van der Waals surface area contributed by atoms with Crippen molar-refractivity contribution >= 4 is 5.84 Å². The average molecular weight is 201 g/mol. The SMILES string of the molecule is CCCN(CC(N)=NO)CC(C)CC. The molecule has 0 aliphatic carbocycles. The summed E-state index contributed by atoms with van der Waals surface area (Å²) < 4.78 is 0. The van der Waals surface area contributed by atoms with E-state index in [1.165, 1.54) is 0 Å². The molecule has 0 amide bonds. The second-order valence-corrected chi connectivity index (χ2v) is 3.84. The third-order valence-corrected chi connectivity index (χ3v) is 2.32. The minimum atomic E-state index is 0.293. The number of hydrogen-bond donors (Lipinski definition) is 2. The highest BCUT2D eigenvalue weighted by Gasteiger charge is 2.09. The lowest BCUT2D eigenvalue weighted by Crippen LogP contribution is -2.37. The first kappa shape index (κ1) is 13.2. The van der Waals surface area contributed by atoms with Crippen LogP contribution in [0.1, 0.15) is 33.6 Å². The average Bonchev–Trinajstić information content (AvgIpc) is 2.17. The molecule has 0 rings (SSSR count). The first-order chi connectivity index (χ1) is 6.63. The fourth-order valence-corrected chi connectivity index (χ4v) is 1.38. The van der Waals surface area contributed by atoms with E-state index in [1.54, 1.807) is 0 Å². The second-order valence-electron chi connectivity index (χ2n) is 3.84. The molecule has 14 heavy (non-hydrogen) atoms. The Morgan fingerprint density at radius 2 is 2.14 bits per heavy atom. The van der Waals surface area contributed by atoms with E-state index in [0.717, 1.165) is 25.9 Å². The highest BCUT2D eigenvalue weighted by atomic mass is 16.4. The first-order valence-electron chi connectivity index (χ1n) is 5.32. The molecule has 0 spiro atoms. The summed E-state index contributed by atoms with van der Waals surface area (Å²) >= 11 is 0. The standard InChI is InChI=1S/C10H23N3O/c1-4-6-13(7-9(3)5-2)8-10(11)12-14/h9,14H,4-8H2,1-3H3,(H2,11,12). The number of nitrogens with two attached hydrogens (primary N) is 1. The van der Waals surface area contributed by atoms with Crippen molar-refractivity contribution in [3.63, 3.8) is 0 Å². The van der Waals surface area contributed by atoms with Gasteiger partial charge in [-0.05, 0) is 18.9 Å². The van der Waals surface area contributed by atoms with Crippen molar-refractivity contribution in [2.24, 2.45) is 16.8 Å². The topological polar surface area (TPSA) is 61.8 Å². The summed E-state index contributed by atoms with van der Waals surface area (Å²) in [4.78, 5) is 2.23. The van der Waals surface area contributed by atoms with Crippen LogP contribution in [0.25, 0.3) is 0 Å². The summed E-state index contributed by atoms with van der Waals surface area (Å²) in [6, 6.07) is 0. The quantitative estimate of drug-likeness (QED) is 0.284. The molecule has 1 atom stereocenters. The number of amidine groups is 1. The summed E-state index contributed by atoms with van der Waals surface area (Å²) in [5.74, 6) is 0.954. The fraction of sp³-hybridized carbons (Fsp3) is 0.900. The molecule has 0 aromatic rings. The predicted molar refractivity (Wildman–Crippen MR) is 59.6 cm³/mol. The summed E-state index contributed by atoms with van der Waals surface area (Å²) in [5, 5.41) is 11.5. The molecule has 0 saturated carbocycles. The number of hydrogen-bond acceptors (Lipinski definition) is 3. The van der Waals surface area contributed by atoms with Crippen LogP contribution in [0.3, 0.4) is 0 Å². The highest BCUT2D eigenvalue weighted by Crippen LogP contribution is 2.04. The summed E-state index contributed by atoms with van der Waals surface area (Å²) in [6.07, 6.45) is 2.26. The molecule has 3 N–H and O–H groups in total. The van der Waals surface area contributed by atoms with Crippen molar-refractivity contribution in [3.05, 3.63) is 0 Å². The molecule has 4 nitrogen and oxygen atoms in total. The van der Waals surface area contributed by atoms with E-state index >= 15 is 0 Å². The molecule has 1 unspecified atom stereocenters. The molecule has 0 fully saturated rings. The molecular formula is C10H23N3O. The molecule has 4 heteroatoms. The molecule has 0 aliphatic rings. The summed E-state index contributed by atoms with van der Waals surface area (Å²) in [6.45, 7) is 9.11. The Labute approximate surface area is 86.8 Å². The van der Waals surface area contributed by atoms with Gasteiger partial charge in [0.25, 0.3) is 0 Å². The zero-order valence-electron chi connectivity index (χ0n) is 9.53. The lowest BCUT2D eigenvalue weighted by Gasteiger charge is -2.23. The molecule has 0 bridgehead atoms. The maximum atomic E-state index is 8.48. The fourth-order valence-electron chi connectivity index (χ4n) is 1.38. The molecule has 0 aromatic heterocycles. The van der Waals surface area contributed by atoms with Gasteiger partial charge in [0.05, 0.1) is 6.54 Å². The van der Waals surface area contributed by atoms with Crippen LogP contribution >= 0.6 is 0 Å². The van der Waals surface area contributed by atoms with Crippen LogP contribution in [-0.4, -0.2) is 35.6 Å². The van der Waals surface area contributed by atoms with Crippen LogP contribution in [0.5, 0.6) is 0 Å². The Kier molecular flexibility index (Phi) is 7.20. The monoisotopic (exact) mass is 201 g/mol. The highest BCUT2D eigenvalue weighted by molar-refractivity contribution is 5.81. The van der Waals surface area contributed by atoms with Gasteiger partial charge in [-0.1, -0.05) is 32.3 Å². The van der Waals surface area contributed by atoms with Crippen molar-refractivity contribution in [3.8, 4) is 0 Å². The van der Waals surface area contributed by atoms with E-state index in [9.17, 15) is 0 Å². The number of oxime groups is 1. The summed E-state index contributed by atoms with van der Waals surface area (Å²) in [5.41, 5.74) is 5.48. The minimum Gasteiger partial charge on any atom is -0.409 e. The zero-order chi connectivity index (χ0) is 11.0. The van der Waals surface area contributed by atoms with E-state index < -0.39 is 0 Å². The lowest BCUT2D eigenvalue weighted by molar-refractivity contribution is 0.257. The summed E-state index contributed by atoms with van der Waals surface area (Å²) in [7, 11) is 0. The largest absolute Gasteiger partial charge is 0.409 e. The normalized spacial score (nSPS) is 14.7. The Hall–Kier alpha value is -0.770. The van der Waals surface area contributed by atoms with Gasteiger partial charge in [-0.25, -0.2) is 0 Å². The minimum absolute atomic E-state index is 0.293. The Balaban J connectivity index is 4.01. The van der Waals surface area contributed by atoms with Gasteiger partial charge in [0.1, 0.15) is 0 Å². The molecular weight excluding hydrogens is 178 g/mol. The van der Waals surface area contributed by atoms with Gasteiger partial charge in [0.15, 0.2) is 5.84 Å². The zero-order valence-corrected chi connectivity index (χ0v) is 9.53. The van der Waals surface area contributed by atoms with E-state index in [-0.39, 0.29) is 0 Å². The van der Waals surface area contributed by atoms with Crippen molar-refractivity contribution in [1.29, 1.82) is 0 Å². The third kappa shape index (κ3) is 5.80. The molecule has 84 valence electrons. The molecule has 0 aliphatic heterocycles. The first-order valence-corrected chi connectivity index (χ1v) is 5.32. The van der Waals surface area contributed by atoms with Crippen molar-refractivity contribution in [2.75, 3.05) is 19.6 Å². The maximum Gasteiger partial charge on any atom is 0.153 e. The second kappa shape index (κ2) is 7.62. The smallest absolute Gasteiger partial charge is 0.153 e. The van der Waals surface area contributed by atoms with Gasteiger partial charge >= 0.3 is 0 Å². The molecule has 0 heterocycles. The van der Waals surface area contributed by atoms with Crippen LogP contribution in [0.2, 0.25) is 0 Å². The number of nitrogens with zero attached hydrogens (tertiary/aromatic N) is 2. The lowest BCUT2D eigenvalue weighted by atomic mass is 10.1. The van der Waals surface area contributed by atoms with Crippen LogP contribution in [0.4, 0.5) is 0 Å². The van der Waals surface area contributed by atoms with E-state index in [0.29, 0.717) is 18.3 Å². The van der Waals surface area contributed by atoms with Gasteiger partial charge in [0, 0.05) is 6.54 Å². The van der Waals surface area contributed by atoms with Gasteiger partial charge in [-0.3, -0.25) is 4.90 Å². The van der Waals surface area contributed by atoms with Crippen LogP contribution < -0.4 is 5.73 Å². The molecule has 0 radical (unpaired) electrons. The van der Waals surface area contributed by atoms with Crippen molar-refractivity contribution < 1.29 is 5.21 Å². The van der Waals surface area contributed by atoms with Crippen LogP contribution in [0, 0.1) is 5.92 Å². The Morgan fingerprint density at radius 1 is 1.50 bits per heavy atom. The van der Waals surface area contributed by atoms with Gasteiger partial charge in [-0.15, -0.1) is 0 Å². The van der Waals surface area contributed by atoms with Crippen molar-refractivity contribution in [1.82, 2.24) is 4.90 Å². The third-order valence-electron chi connectivity index (χ3n) is 2.32. The predicted octanol–water partition coefficient (Wildman–Crippen LogP) is 1.49. The Morgan fingerprint density at radius 3 is 2.57 bits per heavy atom. The van der Waals surface area contributed by atoms with E-state index in [2.05, 4.69) is 30.8 Å². The van der Waals surface area contributed by atoms with E-state index in [1.807, 2.05) is 0 Å². The van der Waals surface area contributed by atoms with Gasteiger partial charge in [-0.2, -0.15) is 0 Å². The Bertz CT molecular complexity index is 171.